The molecule has 0 bridgehead atoms. The molecule has 1 aliphatic heterocycles. The summed E-state index contributed by atoms with van der Waals surface area (Å²) in [5.41, 5.74) is 1.31. The van der Waals surface area contributed by atoms with Gasteiger partial charge in [0, 0.05) is 17.0 Å². The largest absolute Gasteiger partial charge is 0.366 e. The summed E-state index contributed by atoms with van der Waals surface area (Å²) in [4.78, 5) is 1.22. The maximum absolute atomic E-state index is 5.87. The van der Waals surface area contributed by atoms with Crippen LogP contribution in [0.5, 0.6) is 0 Å². The SMILES string of the molecule is COC1C=Cc2cc(Cl)ccc2S1. The molecule has 13 heavy (non-hydrogen) atoms. The summed E-state index contributed by atoms with van der Waals surface area (Å²) < 4.78 is 5.22. The van der Waals surface area contributed by atoms with Crippen molar-refractivity contribution in [2.45, 2.75) is 10.3 Å². The van der Waals surface area contributed by atoms with Gasteiger partial charge >= 0.3 is 0 Å². The van der Waals surface area contributed by atoms with E-state index in [9.17, 15) is 0 Å². The first-order valence-corrected chi connectivity index (χ1v) is 5.22. The molecule has 0 radical (unpaired) electrons. The summed E-state index contributed by atoms with van der Waals surface area (Å²) in [5.74, 6) is 0. The zero-order chi connectivity index (χ0) is 9.26. The van der Waals surface area contributed by atoms with E-state index in [0.717, 1.165) is 5.02 Å². The van der Waals surface area contributed by atoms with Crippen molar-refractivity contribution in [3.05, 3.63) is 34.9 Å². The first-order chi connectivity index (χ1) is 6.29. The van der Waals surface area contributed by atoms with Gasteiger partial charge in [-0.3, -0.25) is 0 Å². The molecule has 0 saturated carbocycles. The van der Waals surface area contributed by atoms with Gasteiger partial charge in [-0.2, -0.15) is 0 Å². The zero-order valence-electron chi connectivity index (χ0n) is 7.16. The van der Waals surface area contributed by atoms with Crippen LogP contribution in [-0.4, -0.2) is 12.5 Å². The highest BCUT2D eigenvalue weighted by Gasteiger charge is 2.13. The summed E-state index contributed by atoms with van der Waals surface area (Å²) in [6, 6.07) is 5.89. The van der Waals surface area contributed by atoms with Crippen LogP contribution in [0.3, 0.4) is 0 Å². The number of methoxy groups -OCH3 is 1. The Kier molecular flexibility index (Phi) is 2.63. The highest BCUT2D eigenvalue weighted by molar-refractivity contribution is 8.00. The number of hydrogen-bond donors (Lipinski definition) is 0. The Morgan fingerprint density at radius 3 is 3.08 bits per heavy atom. The standard InChI is InChI=1S/C10H9ClOS/c1-12-10-5-2-7-6-8(11)3-4-9(7)13-10/h2-6,10H,1H3. The molecular weight excluding hydrogens is 204 g/mol. The average molecular weight is 213 g/mol. The van der Waals surface area contributed by atoms with E-state index in [2.05, 4.69) is 0 Å². The van der Waals surface area contributed by atoms with Crippen molar-refractivity contribution in [3.8, 4) is 0 Å². The van der Waals surface area contributed by atoms with E-state index in [4.69, 9.17) is 16.3 Å². The molecule has 0 aliphatic carbocycles. The van der Waals surface area contributed by atoms with Crippen molar-refractivity contribution in [1.29, 1.82) is 0 Å². The maximum atomic E-state index is 5.87. The monoisotopic (exact) mass is 212 g/mol. The van der Waals surface area contributed by atoms with Crippen molar-refractivity contribution < 1.29 is 4.74 Å². The minimum absolute atomic E-state index is 0.133. The molecule has 0 spiro atoms. The molecule has 0 N–H and O–H groups in total. The molecule has 3 heteroatoms. The molecule has 1 heterocycles. The Labute approximate surface area is 86.7 Å². The van der Waals surface area contributed by atoms with Crippen LogP contribution >= 0.6 is 23.4 Å². The second kappa shape index (κ2) is 3.74. The maximum Gasteiger partial charge on any atom is 0.125 e. The topological polar surface area (TPSA) is 9.23 Å². The summed E-state index contributed by atoms with van der Waals surface area (Å²) >= 11 is 7.57. The summed E-state index contributed by atoms with van der Waals surface area (Å²) in [6.45, 7) is 0. The van der Waals surface area contributed by atoms with E-state index in [1.807, 2.05) is 30.4 Å². The van der Waals surface area contributed by atoms with Crippen LogP contribution in [0, 0.1) is 0 Å². The summed E-state index contributed by atoms with van der Waals surface area (Å²) in [6.07, 6.45) is 4.08. The van der Waals surface area contributed by atoms with Gasteiger partial charge in [0.1, 0.15) is 5.44 Å². The number of hydrogen-bond acceptors (Lipinski definition) is 2. The Balaban J connectivity index is 2.35. The molecule has 1 aliphatic rings. The van der Waals surface area contributed by atoms with Crippen molar-refractivity contribution in [3.63, 3.8) is 0 Å². The highest BCUT2D eigenvalue weighted by atomic mass is 35.5. The van der Waals surface area contributed by atoms with Crippen LogP contribution in [0.15, 0.2) is 29.2 Å². The van der Waals surface area contributed by atoms with Crippen LogP contribution in [0.4, 0.5) is 0 Å². The third kappa shape index (κ3) is 1.90. The predicted octanol–water partition coefficient (Wildman–Crippen LogP) is 3.43. The fourth-order valence-corrected chi connectivity index (χ4v) is 2.32. The van der Waals surface area contributed by atoms with Crippen LogP contribution in [0.1, 0.15) is 5.56 Å². The van der Waals surface area contributed by atoms with Crippen molar-refractivity contribution in [2.75, 3.05) is 7.11 Å². The van der Waals surface area contributed by atoms with Crippen LogP contribution in [0.25, 0.3) is 6.08 Å². The molecule has 1 aromatic rings. The fourth-order valence-electron chi connectivity index (χ4n) is 1.23. The lowest BCUT2D eigenvalue weighted by Crippen LogP contribution is -2.04. The summed E-state index contributed by atoms with van der Waals surface area (Å²) in [7, 11) is 1.71. The quantitative estimate of drug-likeness (QED) is 0.706. The number of benzene rings is 1. The van der Waals surface area contributed by atoms with Crippen LogP contribution in [-0.2, 0) is 4.74 Å². The molecule has 2 rings (SSSR count). The second-order valence-electron chi connectivity index (χ2n) is 2.76. The number of fused-ring (bicyclic) bond motifs is 1. The molecule has 0 fully saturated rings. The normalized spacial score (nSPS) is 20.0. The van der Waals surface area contributed by atoms with Crippen molar-refractivity contribution in [1.82, 2.24) is 0 Å². The number of rotatable bonds is 1. The van der Waals surface area contributed by atoms with Gasteiger partial charge in [-0.25, -0.2) is 0 Å². The lowest BCUT2D eigenvalue weighted by Gasteiger charge is -2.17. The number of halogens is 1. The van der Waals surface area contributed by atoms with Gasteiger partial charge in [-0.05, 0) is 29.8 Å². The van der Waals surface area contributed by atoms with Gasteiger partial charge in [0.15, 0.2) is 0 Å². The first-order valence-electron chi connectivity index (χ1n) is 3.97. The molecule has 0 amide bonds. The Morgan fingerprint density at radius 1 is 1.46 bits per heavy atom. The third-order valence-corrected chi connectivity index (χ3v) is 3.32. The lowest BCUT2D eigenvalue weighted by atomic mass is 10.2. The highest BCUT2D eigenvalue weighted by Crippen LogP contribution is 2.34. The average Bonchev–Trinajstić information content (AvgIpc) is 2.17. The smallest absolute Gasteiger partial charge is 0.125 e. The molecule has 0 aromatic heterocycles. The second-order valence-corrected chi connectivity index (χ2v) is 4.34. The first kappa shape index (κ1) is 9.13. The van der Waals surface area contributed by atoms with Gasteiger partial charge in [-0.1, -0.05) is 29.4 Å². The van der Waals surface area contributed by atoms with E-state index in [0.29, 0.717) is 0 Å². The molecule has 1 atom stereocenters. The minimum Gasteiger partial charge on any atom is -0.366 e. The lowest BCUT2D eigenvalue weighted by molar-refractivity contribution is 0.208. The number of ether oxygens (including phenoxy) is 1. The van der Waals surface area contributed by atoms with Crippen LogP contribution < -0.4 is 0 Å². The van der Waals surface area contributed by atoms with E-state index in [1.54, 1.807) is 18.9 Å². The Hall–Kier alpha value is -0.440. The molecular formula is C10H9ClOS. The molecule has 1 nitrogen and oxygen atoms in total. The van der Waals surface area contributed by atoms with Gasteiger partial charge in [-0.15, -0.1) is 0 Å². The van der Waals surface area contributed by atoms with Gasteiger partial charge in [0.2, 0.25) is 0 Å². The predicted molar refractivity (Wildman–Crippen MR) is 57.1 cm³/mol. The van der Waals surface area contributed by atoms with Gasteiger partial charge in [0.05, 0.1) is 0 Å². The fraction of sp³-hybridized carbons (Fsp3) is 0.200. The summed E-state index contributed by atoms with van der Waals surface area (Å²) in [5, 5.41) is 0.778. The Bertz CT molecular complexity index is 349. The molecule has 1 aromatic carbocycles. The molecule has 0 saturated heterocycles. The van der Waals surface area contributed by atoms with E-state index < -0.39 is 0 Å². The molecule has 68 valence electrons. The van der Waals surface area contributed by atoms with Crippen molar-refractivity contribution >= 4 is 29.4 Å². The van der Waals surface area contributed by atoms with E-state index in [1.165, 1.54) is 10.5 Å². The third-order valence-electron chi connectivity index (χ3n) is 1.88. The van der Waals surface area contributed by atoms with E-state index >= 15 is 0 Å². The van der Waals surface area contributed by atoms with Crippen LogP contribution in [0.2, 0.25) is 5.02 Å². The zero-order valence-corrected chi connectivity index (χ0v) is 8.73. The van der Waals surface area contributed by atoms with Gasteiger partial charge in [0.25, 0.3) is 0 Å². The minimum atomic E-state index is 0.133. The van der Waals surface area contributed by atoms with E-state index in [-0.39, 0.29) is 5.44 Å². The Morgan fingerprint density at radius 2 is 2.31 bits per heavy atom. The number of thioether (sulfide) groups is 1. The van der Waals surface area contributed by atoms with Crippen molar-refractivity contribution in [2.24, 2.45) is 0 Å². The van der Waals surface area contributed by atoms with Gasteiger partial charge < -0.3 is 4.74 Å². The molecule has 1 unspecified atom stereocenters.